The average molecular weight is 166 g/mol. The third-order valence-electron chi connectivity index (χ3n) is 3.39. The molecule has 2 aliphatic rings. The van der Waals surface area contributed by atoms with E-state index < -0.39 is 0 Å². The fraction of sp³-hybridized carbons (Fsp3) is 0.818. The molecule has 2 fully saturated rings. The van der Waals surface area contributed by atoms with Gasteiger partial charge in [-0.05, 0) is 25.2 Å². The first kappa shape index (κ1) is 8.31. The Kier molecular flexibility index (Phi) is 2.22. The Morgan fingerprint density at radius 1 is 1.25 bits per heavy atom. The molecule has 12 heavy (non-hydrogen) atoms. The van der Waals surface area contributed by atoms with Gasteiger partial charge in [0.05, 0.1) is 6.10 Å². The molecule has 0 aromatic rings. The largest absolute Gasteiger partial charge is 0.392 e. The first-order valence-corrected chi connectivity index (χ1v) is 5.15. The van der Waals surface area contributed by atoms with Gasteiger partial charge in [-0.15, -0.1) is 0 Å². The smallest absolute Gasteiger partial charge is 0.0636 e. The highest BCUT2D eigenvalue weighted by Crippen LogP contribution is 2.43. The van der Waals surface area contributed by atoms with Crippen molar-refractivity contribution < 1.29 is 5.11 Å². The SMILES string of the molecule is C=C1C[C@@H]1[C@@H](O)C1CCCCC1. The molecule has 0 aromatic heterocycles. The Morgan fingerprint density at radius 3 is 2.33 bits per heavy atom. The zero-order valence-electron chi connectivity index (χ0n) is 7.63. The second-order valence-electron chi connectivity index (χ2n) is 4.36. The molecule has 0 unspecified atom stereocenters. The van der Waals surface area contributed by atoms with Crippen molar-refractivity contribution in [3.63, 3.8) is 0 Å². The van der Waals surface area contributed by atoms with E-state index in [1.54, 1.807) is 0 Å². The zero-order chi connectivity index (χ0) is 8.55. The van der Waals surface area contributed by atoms with Crippen LogP contribution in [0.5, 0.6) is 0 Å². The van der Waals surface area contributed by atoms with Crippen LogP contribution < -0.4 is 0 Å². The van der Waals surface area contributed by atoms with Crippen LogP contribution in [0.15, 0.2) is 12.2 Å². The number of hydrogen-bond donors (Lipinski definition) is 1. The quantitative estimate of drug-likeness (QED) is 0.625. The van der Waals surface area contributed by atoms with E-state index in [2.05, 4.69) is 6.58 Å². The summed E-state index contributed by atoms with van der Waals surface area (Å²) in [5, 5.41) is 9.92. The normalized spacial score (nSPS) is 33.4. The van der Waals surface area contributed by atoms with Crippen molar-refractivity contribution in [1.29, 1.82) is 0 Å². The van der Waals surface area contributed by atoms with E-state index in [9.17, 15) is 5.11 Å². The molecule has 0 radical (unpaired) electrons. The van der Waals surface area contributed by atoms with E-state index in [4.69, 9.17) is 0 Å². The van der Waals surface area contributed by atoms with Gasteiger partial charge in [-0.25, -0.2) is 0 Å². The van der Waals surface area contributed by atoms with Gasteiger partial charge in [-0.3, -0.25) is 0 Å². The van der Waals surface area contributed by atoms with Crippen LogP contribution in [0.4, 0.5) is 0 Å². The van der Waals surface area contributed by atoms with Crippen molar-refractivity contribution in [2.45, 2.75) is 44.6 Å². The third-order valence-corrected chi connectivity index (χ3v) is 3.39. The van der Waals surface area contributed by atoms with Crippen molar-refractivity contribution in [2.75, 3.05) is 0 Å². The lowest BCUT2D eigenvalue weighted by molar-refractivity contribution is 0.0697. The second kappa shape index (κ2) is 3.21. The van der Waals surface area contributed by atoms with Crippen LogP contribution in [0, 0.1) is 11.8 Å². The first-order chi connectivity index (χ1) is 5.79. The number of aliphatic hydroxyl groups is 1. The minimum atomic E-state index is -0.0576. The van der Waals surface area contributed by atoms with Crippen LogP contribution in [0.3, 0.4) is 0 Å². The molecule has 0 heterocycles. The third kappa shape index (κ3) is 1.56. The molecule has 1 heteroatoms. The maximum Gasteiger partial charge on any atom is 0.0636 e. The van der Waals surface area contributed by atoms with Crippen LogP contribution in [-0.2, 0) is 0 Å². The lowest BCUT2D eigenvalue weighted by Crippen LogP contribution is -2.24. The molecule has 2 atom stereocenters. The standard InChI is InChI=1S/C11H18O/c1-8-7-10(8)11(12)9-5-3-2-4-6-9/h9-12H,1-7H2/t10-,11-/m0/s1. The van der Waals surface area contributed by atoms with Gasteiger partial charge in [-0.1, -0.05) is 31.4 Å². The van der Waals surface area contributed by atoms with Crippen molar-refractivity contribution in [2.24, 2.45) is 11.8 Å². The summed E-state index contributed by atoms with van der Waals surface area (Å²) in [6.45, 7) is 3.90. The lowest BCUT2D eigenvalue weighted by Gasteiger charge is -2.26. The van der Waals surface area contributed by atoms with Gasteiger partial charge in [0.2, 0.25) is 0 Å². The van der Waals surface area contributed by atoms with Gasteiger partial charge in [0.15, 0.2) is 0 Å². The monoisotopic (exact) mass is 166 g/mol. The molecule has 0 spiro atoms. The molecule has 0 saturated heterocycles. The summed E-state index contributed by atoms with van der Waals surface area (Å²) < 4.78 is 0. The molecule has 0 aromatic carbocycles. The summed E-state index contributed by atoms with van der Waals surface area (Å²) in [5.41, 5.74) is 1.27. The minimum Gasteiger partial charge on any atom is -0.392 e. The molecule has 0 bridgehead atoms. The number of rotatable bonds is 2. The highest BCUT2D eigenvalue weighted by Gasteiger charge is 2.38. The Bertz CT molecular complexity index is 179. The van der Waals surface area contributed by atoms with Crippen molar-refractivity contribution in [3.8, 4) is 0 Å². The summed E-state index contributed by atoms with van der Waals surface area (Å²) in [4.78, 5) is 0. The summed E-state index contributed by atoms with van der Waals surface area (Å²) in [5.74, 6) is 1.05. The summed E-state index contributed by atoms with van der Waals surface area (Å²) in [6.07, 6.45) is 7.52. The lowest BCUT2D eigenvalue weighted by atomic mass is 9.83. The first-order valence-electron chi connectivity index (χ1n) is 5.15. The fourth-order valence-corrected chi connectivity index (χ4v) is 2.39. The molecule has 68 valence electrons. The summed E-state index contributed by atoms with van der Waals surface area (Å²) in [6, 6.07) is 0. The van der Waals surface area contributed by atoms with Crippen molar-refractivity contribution >= 4 is 0 Å². The molecular weight excluding hydrogens is 148 g/mol. The van der Waals surface area contributed by atoms with Crippen LogP contribution in [0.2, 0.25) is 0 Å². The van der Waals surface area contributed by atoms with Crippen LogP contribution in [0.1, 0.15) is 38.5 Å². The second-order valence-corrected chi connectivity index (χ2v) is 4.36. The van der Waals surface area contributed by atoms with Gasteiger partial charge in [0.1, 0.15) is 0 Å². The maximum absolute atomic E-state index is 9.92. The van der Waals surface area contributed by atoms with E-state index in [1.807, 2.05) is 0 Å². The van der Waals surface area contributed by atoms with Gasteiger partial charge in [0, 0.05) is 5.92 Å². The molecule has 2 saturated carbocycles. The van der Waals surface area contributed by atoms with E-state index in [1.165, 1.54) is 37.7 Å². The summed E-state index contributed by atoms with van der Waals surface area (Å²) in [7, 11) is 0. The van der Waals surface area contributed by atoms with E-state index >= 15 is 0 Å². The van der Waals surface area contributed by atoms with E-state index in [0.717, 1.165) is 6.42 Å². The van der Waals surface area contributed by atoms with E-state index in [0.29, 0.717) is 11.8 Å². The Balaban J connectivity index is 1.85. The van der Waals surface area contributed by atoms with Gasteiger partial charge < -0.3 is 5.11 Å². The molecule has 0 aliphatic heterocycles. The van der Waals surface area contributed by atoms with Crippen LogP contribution in [-0.4, -0.2) is 11.2 Å². The Hall–Kier alpha value is -0.300. The molecular formula is C11H18O. The van der Waals surface area contributed by atoms with Crippen molar-refractivity contribution in [1.82, 2.24) is 0 Å². The molecule has 0 amide bonds. The van der Waals surface area contributed by atoms with Crippen molar-refractivity contribution in [3.05, 3.63) is 12.2 Å². The zero-order valence-corrected chi connectivity index (χ0v) is 7.63. The Morgan fingerprint density at radius 2 is 1.83 bits per heavy atom. The van der Waals surface area contributed by atoms with Gasteiger partial charge in [0.25, 0.3) is 0 Å². The predicted octanol–water partition coefficient (Wildman–Crippen LogP) is 2.50. The Labute approximate surface area is 74.5 Å². The van der Waals surface area contributed by atoms with Gasteiger partial charge >= 0.3 is 0 Å². The minimum absolute atomic E-state index is 0.0576. The topological polar surface area (TPSA) is 20.2 Å². The highest BCUT2D eigenvalue weighted by atomic mass is 16.3. The molecule has 2 aliphatic carbocycles. The van der Waals surface area contributed by atoms with Crippen LogP contribution >= 0.6 is 0 Å². The molecule has 1 N–H and O–H groups in total. The molecule has 2 rings (SSSR count). The van der Waals surface area contributed by atoms with Crippen LogP contribution in [0.25, 0.3) is 0 Å². The number of aliphatic hydroxyl groups excluding tert-OH is 1. The summed E-state index contributed by atoms with van der Waals surface area (Å²) >= 11 is 0. The maximum atomic E-state index is 9.92. The average Bonchev–Trinajstić information content (AvgIpc) is 2.83. The number of hydrogen-bond acceptors (Lipinski definition) is 1. The fourth-order valence-electron chi connectivity index (χ4n) is 2.39. The molecule has 1 nitrogen and oxygen atoms in total. The van der Waals surface area contributed by atoms with E-state index in [-0.39, 0.29) is 6.10 Å². The predicted molar refractivity (Wildman–Crippen MR) is 49.8 cm³/mol. The highest BCUT2D eigenvalue weighted by molar-refractivity contribution is 5.21. The van der Waals surface area contributed by atoms with Gasteiger partial charge in [-0.2, -0.15) is 0 Å².